The van der Waals surface area contributed by atoms with E-state index in [9.17, 15) is 8.42 Å². The maximum Gasteiger partial charge on any atom is 0.248 e. The van der Waals surface area contributed by atoms with Gasteiger partial charge in [0, 0.05) is 32.4 Å². The van der Waals surface area contributed by atoms with E-state index in [4.69, 9.17) is 5.73 Å². The van der Waals surface area contributed by atoms with Crippen LogP contribution in [-0.4, -0.2) is 59.6 Å². The van der Waals surface area contributed by atoms with Crippen LogP contribution in [0, 0.1) is 0 Å². The monoisotopic (exact) mass is 301 g/mol. The first kappa shape index (κ1) is 15.3. The molecule has 1 aliphatic heterocycles. The zero-order chi connectivity index (χ0) is 14.9. The maximum absolute atomic E-state index is 12.6. The van der Waals surface area contributed by atoms with Gasteiger partial charge >= 0.3 is 0 Å². The number of aromatic nitrogens is 2. The standard InChI is InChI=1S/C12H23N5O2S/c1-4-16(5-2)10-6-7-17(8-10)20(18,19)11-9-15(3)14-12(11)13/h9-10H,4-8H2,1-3H3,(H2,13,14). The first-order valence-corrected chi connectivity index (χ1v) is 8.37. The summed E-state index contributed by atoms with van der Waals surface area (Å²) in [6.07, 6.45) is 2.33. The van der Waals surface area contributed by atoms with Gasteiger partial charge in [0.1, 0.15) is 4.90 Å². The fraction of sp³-hybridized carbons (Fsp3) is 0.750. The van der Waals surface area contributed by atoms with E-state index in [1.807, 2.05) is 0 Å². The average Bonchev–Trinajstić information content (AvgIpc) is 2.98. The molecule has 1 aromatic heterocycles. The highest BCUT2D eigenvalue weighted by Gasteiger charge is 2.36. The molecule has 1 saturated heterocycles. The van der Waals surface area contributed by atoms with E-state index in [1.165, 1.54) is 15.2 Å². The summed E-state index contributed by atoms with van der Waals surface area (Å²) in [5.74, 6) is 0.0683. The Balaban J connectivity index is 2.19. The largest absolute Gasteiger partial charge is 0.381 e. The van der Waals surface area contributed by atoms with E-state index in [-0.39, 0.29) is 16.8 Å². The van der Waals surface area contributed by atoms with Crippen molar-refractivity contribution in [3.05, 3.63) is 6.20 Å². The lowest BCUT2D eigenvalue weighted by Gasteiger charge is -2.25. The molecule has 1 fully saturated rings. The molecule has 8 heteroatoms. The summed E-state index contributed by atoms with van der Waals surface area (Å²) in [5, 5.41) is 3.91. The summed E-state index contributed by atoms with van der Waals surface area (Å²) in [6, 6.07) is 0.290. The number of rotatable bonds is 5. The zero-order valence-electron chi connectivity index (χ0n) is 12.3. The third kappa shape index (κ3) is 2.68. The average molecular weight is 301 g/mol. The maximum atomic E-state index is 12.6. The van der Waals surface area contributed by atoms with Gasteiger partial charge in [0.15, 0.2) is 5.82 Å². The van der Waals surface area contributed by atoms with Gasteiger partial charge in [-0.2, -0.15) is 9.40 Å². The lowest BCUT2D eigenvalue weighted by molar-refractivity contribution is 0.224. The zero-order valence-corrected chi connectivity index (χ0v) is 13.1. The first-order valence-electron chi connectivity index (χ1n) is 6.93. The number of hydrogen-bond donors (Lipinski definition) is 1. The van der Waals surface area contributed by atoms with Crippen molar-refractivity contribution in [2.75, 3.05) is 31.9 Å². The minimum Gasteiger partial charge on any atom is -0.381 e. The molecule has 0 aromatic carbocycles. The highest BCUT2D eigenvalue weighted by atomic mass is 32.2. The van der Waals surface area contributed by atoms with E-state index >= 15 is 0 Å². The Morgan fingerprint density at radius 2 is 2.10 bits per heavy atom. The van der Waals surface area contributed by atoms with E-state index in [0.29, 0.717) is 13.1 Å². The number of anilines is 1. The van der Waals surface area contributed by atoms with Crippen LogP contribution in [0.15, 0.2) is 11.1 Å². The molecule has 1 unspecified atom stereocenters. The number of nitrogen functional groups attached to an aromatic ring is 1. The molecule has 2 N–H and O–H groups in total. The lowest BCUT2D eigenvalue weighted by Crippen LogP contribution is -2.38. The number of nitrogens with two attached hydrogens (primary N) is 1. The van der Waals surface area contributed by atoms with Gasteiger partial charge < -0.3 is 5.73 Å². The van der Waals surface area contributed by atoms with E-state index < -0.39 is 10.0 Å². The Labute approximate surface area is 120 Å². The van der Waals surface area contributed by atoms with E-state index in [2.05, 4.69) is 23.8 Å². The Hall–Kier alpha value is -1.12. The van der Waals surface area contributed by atoms with Crippen LogP contribution in [0.25, 0.3) is 0 Å². The number of sulfonamides is 1. The van der Waals surface area contributed by atoms with Crippen LogP contribution in [0.3, 0.4) is 0 Å². The molecular weight excluding hydrogens is 278 g/mol. The van der Waals surface area contributed by atoms with Gasteiger partial charge in [0.05, 0.1) is 0 Å². The van der Waals surface area contributed by atoms with Crippen molar-refractivity contribution < 1.29 is 8.42 Å². The predicted molar refractivity (Wildman–Crippen MR) is 77.7 cm³/mol. The normalized spacial score (nSPS) is 20.9. The van der Waals surface area contributed by atoms with Gasteiger partial charge in [0.25, 0.3) is 0 Å². The number of hydrogen-bond acceptors (Lipinski definition) is 5. The van der Waals surface area contributed by atoms with Crippen molar-refractivity contribution in [2.24, 2.45) is 7.05 Å². The molecule has 0 spiro atoms. The minimum atomic E-state index is -3.53. The quantitative estimate of drug-likeness (QED) is 0.834. The summed E-state index contributed by atoms with van der Waals surface area (Å²) >= 11 is 0. The van der Waals surface area contributed by atoms with Gasteiger partial charge in [-0.1, -0.05) is 13.8 Å². The molecule has 2 rings (SSSR count). The van der Waals surface area contributed by atoms with Crippen molar-refractivity contribution >= 4 is 15.8 Å². The smallest absolute Gasteiger partial charge is 0.248 e. The fourth-order valence-electron chi connectivity index (χ4n) is 2.79. The van der Waals surface area contributed by atoms with E-state index in [1.54, 1.807) is 7.05 Å². The summed E-state index contributed by atoms with van der Waals surface area (Å²) in [7, 11) is -1.87. The van der Waals surface area contributed by atoms with Gasteiger partial charge in [-0.25, -0.2) is 8.42 Å². The van der Waals surface area contributed by atoms with Crippen LogP contribution in [0.2, 0.25) is 0 Å². The molecule has 0 radical (unpaired) electrons. The lowest BCUT2D eigenvalue weighted by atomic mass is 10.2. The Morgan fingerprint density at radius 1 is 1.45 bits per heavy atom. The summed E-state index contributed by atoms with van der Waals surface area (Å²) in [5.41, 5.74) is 5.69. The molecule has 1 aliphatic rings. The Kier molecular flexibility index (Phi) is 4.36. The first-order chi connectivity index (χ1) is 9.40. The molecule has 114 valence electrons. The van der Waals surface area contributed by atoms with Crippen molar-refractivity contribution in [2.45, 2.75) is 31.2 Å². The number of likely N-dealkylation sites (N-methyl/N-ethyl adjacent to an activating group) is 1. The number of nitrogens with zero attached hydrogens (tertiary/aromatic N) is 4. The molecule has 0 amide bonds. The van der Waals surface area contributed by atoms with Crippen molar-refractivity contribution in [3.63, 3.8) is 0 Å². The second-order valence-electron chi connectivity index (χ2n) is 5.08. The van der Waals surface area contributed by atoms with Crippen molar-refractivity contribution in [1.82, 2.24) is 19.0 Å². The molecular formula is C12H23N5O2S. The molecule has 0 bridgehead atoms. The fourth-order valence-corrected chi connectivity index (χ4v) is 4.37. The van der Waals surface area contributed by atoms with Gasteiger partial charge in [0.2, 0.25) is 10.0 Å². The Morgan fingerprint density at radius 3 is 2.60 bits per heavy atom. The SMILES string of the molecule is CCN(CC)C1CCN(S(=O)(=O)c2cn(C)nc2N)C1. The molecule has 0 saturated carbocycles. The molecule has 1 aromatic rings. The van der Waals surface area contributed by atoms with Crippen LogP contribution in [-0.2, 0) is 17.1 Å². The van der Waals surface area contributed by atoms with Crippen LogP contribution in [0.1, 0.15) is 20.3 Å². The van der Waals surface area contributed by atoms with Gasteiger partial charge in [-0.15, -0.1) is 0 Å². The second-order valence-corrected chi connectivity index (χ2v) is 6.99. The van der Waals surface area contributed by atoms with E-state index in [0.717, 1.165) is 19.5 Å². The minimum absolute atomic E-state index is 0.0683. The highest BCUT2D eigenvalue weighted by Crippen LogP contribution is 2.26. The molecule has 2 heterocycles. The van der Waals surface area contributed by atoms with Crippen LogP contribution >= 0.6 is 0 Å². The summed E-state index contributed by atoms with van der Waals surface area (Å²) < 4.78 is 28.1. The third-order valence-electron chi connectivity index (χ3n) is 3.89. The van der Waals surface area contributed by atoms with Gasteiger partial charge in [-0.3, -0.25) is 9.58 Å². The van der Waals surface area contributed by atoms with Crippen LogP contribution in [0.4, 0.5) is 5.82 Å². The topological polar surface area (TPSA) is 84.5 Å². The number of aryl methyl sites for hydroxylation is 1. The summed E-state index contributed by atoms with van der Waals surface area (Å²) in [4.78, 5) is 2.41. The summed E-state index contributed by atoms with van der Waals surface area (Å²) in [6.45, 7) is 7.13. The third-order valence-corrected chi connectivity index (χ3v) is 5.78. The van der Waals surface area contributed by atoms with Crippen LogP contribution in [0.5, 0.6) is 0 Å². The van der Waals surface area contributed by atoms with Gasteiger partial charge in [-0.05, 0) is 19.5 Å². The highest BCUT2D eigenvalue weighted by molar-refractivity contribution is 7.89. The molecule has 1 atom stereocenters. The molecule has 0 aliphatic carbocycles. The van der Waals surface area contributed by atoms with Crippen molar-refractivity contribution in [3.8, 4) is 0 Å². The van der Waals surface area contributed by atoms with Crippen LogP contribution < -0.4 is 5.73 Å². The molecule has 7 nitrogen and oxygen atoms in total. The second kappa shape index (κ2) is 5.71. The molecule has 20 heavy (non-hydrogen) atoms. The van der Waals surface area contributed by atoms with Crippen molar-refractivity contribution in [1.29, 1.82) is 0 Å². The Bertz CT molecular complexity index is 564. The predicted octanol–water partition coefficient (Wildman–Crippen LogP) is 0.107.